The molecule has 3 heterocycles. The third-order valence-corrected chi connectivity index (χ3v) is 8.35. The summed E-state index contributed by atoms with van der Waals surface area (Å²) in [6.45, 7) is 3.85. The van der Waals surface area contributed by atoms with Crippen LogP contribution in [0.5, 0.6) is 0 Å². The Morgan fingerprint density at radius 2 is 1.24 bits per heavy atom. The number of imidazole rings is 1. The van der Waals surface area contributed by atoms with Gasteiger partial charge in [0.1, 0.15) is 6.54 Å². The Kier molecular flexibility index (Phi) is 6.42. The fourth-order valence-corrected chi connectivity index (χ4v) is 5.99. The average molecular weight is 601 g/mol. The summed E-state index contributed by atoms with van der Waals surface area (Å²) in [5.74, 6) is -0.368. The van der Waals surface area contributed by atoms with E-state index in [1.54, 1.807) is 6.07 Å². The van der Waals surface area contributed by atoms with Crippen molar-refractivity contribution in [1.82, 2.24) is 24.4 Å². The number of aryl methyl sites for hydroxylation is 2. The SMILES string of the molecule is Cc1ccc(-c2nn(CC(=O)Nc3ccc4c(c3)nc3c5ccccc5c(-c5ccc(C)cc5)nn43)c(=O)c3ccccc23)cc1. The molecule has 0 aliphatic carbocycles. The molecular formula is C38H28N6O2. The standard InChI is InChI=1S/C38H28N6O2/c1-23-11-15-25(16-12-23)35-29-8-4-6-10-31(29)38(46)43(41-35)22-34(45)39-27-19-20-33-32(21-27)40-37-30-9-5-3-7-28(30)36(42-44(33)37)26-17-13-24(2)14-18-26/h3-21H,22H2,1-2H3,(H,39,45). The number of carbonyl (C=O) groups excluding carboxylic acids is 1. The normalized spacial score (nSPS) is 11.5. The van der Waals surface area contributed by atoms with E-state index in [0.29, 0.717) is 22.3 Å². The number of nitrogens with one attached hydrogen (secondary N) is 1. The predicted octanol–water partition coefficient (Wildman–Crippen LogP) is 7.34. The number of anilines is 1. The van der Waals surface area contributed by atoms with Gasteiger partial charge in [0.25, 0.3) is 5.56 Å². The molecule has 0 radical (unpaired) electrons. The maximum absolute atomic E-state index is 13.4. The number of hydrogen-bond donors (Lipinski definition) is 1. The van der Waals surface area contributed by atoms with E-state index < -0.39 is 0 Å². The van der Waals surface area contributed by atoms with Crippen LogP contribution in [0.4, 0.5) is 5.69 Å². The molecule has 0 fully saturated rings. The Labute approximate surface area is 263 Å². The minimum atomic E-state index is -0.368. The molecule has 8 nitrogen and oxygen atoms in total. The molecule has 0 aliphatic rings. The van der Waals surface area contributed by atoms with Gasteiger partial charge in [-0.2, -0.15) is 10.2 Å². The monoisotopic (exact) mass is 600 g/mol. The summed E-state index contributed by atoms with van der Waals surface area (Å²) in [5.41, 5.74) is 8.23. The number of fused-ring (bicyclic) bond motifs is 6. The highest BCUT2D eigenvalue weighted by Crippen LogP contribution is 2.32. The van der Waals surface area contributed by atoms with E-state index in [1.807, 2.05) is 84.2 Å². The van der Waals surface area contributed by atoms with Crippen molar-refractivity contribution in [3.8, 4) is 22.5 Å². The Morgan fingerprint density at radius 3 is 1.89 bits per heavy atom. The lowest BCUT2D eigenvalue weighted by Gasteiger charge is -2.12. The zero-order valence-corrected chi connectivity index (χ0v) is 25.2. The molecule has 1 N–H and O–H groups in total. The molecule has 0 atom stereocenters. The van der Waals surface area contributed by atoms with Crippen LogP contribution in [0.15, 0.2) is 120 Å². The molecule has 0 saturated carbocycles. The molecule has 0 spiro atoms. The van der Waals surface area contributed by atoms with Crippen LogP contribution in [-0.4, -0.2) is 30.3 Å². The second kappa shape index (κ2) is 10.8. The van der Waals surface area contributed by atoms with Gasteiger partial charge in [-0.1, -0.05) is 102 Å². The molecule has 8 rings (SSSR count). The molecule has 1 amide bonds. The van der Waals surface area contributed by atoms with E-state index in [4.69, 9.17) is 10.1 Å². The summed E-state index contributed by atoms with van der Waals surface area (Å²) >= 11 is 0. The van der Waals surface area contributed by atoms with E-state index in [9.17, 15) is 9.59 Å². The van der Waals surface area contributed by atoms with Gasteiger partial charge in [0.2, 0.25) is 5.91 Å². The summed E-state index contributed by atoms with van der Waals surface area (Å²) in [7, 11) is 0. The fraction of sp³-hybridized carbons (Fsp3) is 0.0789. The van der Waals surface area contributed by atoms with Gasteiger partial charge in [-0.3, -0.25) is 9.59 Å². The molecule has 8 heteroatoms. The van der Waals surface area contributed by atoms with E-state index in [0.717, 1.165) is 49.7 Å². The van der Waals surface area contributed by atoms with Gasteiger partial charge in [0, 0.05) is 33.0 Å². The van der Waals surface area contributed by atoms with Crippen molar-refractivity contribution in [2.75, 3.05) is 5.32 Å². The molecule has 5 aromatic carbocycles. The molecule has 0 saturated heterocycles. The van der Waals surface area contributed by atoms with Crippen molar-refractivity contribution >= 4 is 49.8 Å². The van der Waals surface area contributed by atoms with Gasteiger partial charge in [0.05, 0.1) is 27.8 Å². The summed E-state index contributed by atoms with van der Waals surface area (Å²) in [6.07, 6.45) is 0. The maximum Gasteiger partial charge on any atom is 0.275 e. The lowest BCUT2D eigenvalue weighted by Crippen LogP contribution is -2.30. The third-order valence-electron chi connectivity index (χ3n) is 8.35. The third kappa shape index (κ3) is 4.68. The van der Waals surface area contributed by atoms with E-state index in [1.165, 1.54) is 10.2 Å². The van der Waals surface area contributed by atoms with Crippen LogP contribution < -0.4 is 10.9 Å². The van der Waals surface area contributed by atoms with Crippen LogP contribution in [0, 0.1) is 13.8 Å². The second-order valence-electron chi connectivity index (χ2n) is 11.6. The summed E-state index contributed by atoms with van der Waals surface area (Å²) in [6, 6.07) is 37.3. The van der Waals surface area contributed by atoms with Gasteiger partial charge in [-0.15, -0.1) is 0 Å². The number of nitrogens with zero attached hydrogens (tertiary/aromatic N) is 5. The number of rotatable bonds is 5. The highest BCUT2D eigenvalue weighted by atomic mass is 16.2. The zero-order chi connectivity index (χ0) is 31.4. The van der Waals surface area contributed by atoms with Crippen molar-refractivity contribution in [1.29, 1.82) is 0 Å². The quantitative estimate of drug-likeness (QED) is 0.223. The molecule has 46 heavy (non-hydrogen) atoms. The number of hydrogen-bond acceptors (Lipinski definition) is 5. The largest absolute Gasteiger partial charge is 0.324 e. The number of carbonyl (C=O) groups is 1. The molecule has 3 aromatic heterocycles. The minimum absolute atomic E-state index is 0.238. The fourth-order valence-electron chi connectivity index (χ4n) is 5.99. The summed E-state index contributed by atoms with van der Waals surface area (Å²) < 4.78 is 3.10. The first-order valence-corrected chi connectivity index (χ1v) is 15.1. The number of amides is 1. The molecule has 0 bridgehead atoms. The van der Waals surface area contributed by atoms with E-state index in [-0.39, 0.29) is 18.0 Å². The van der Waals surface area contributed by atoms with Crippen LogP contribution in [0.25, 0.3) is 60.7 Å². The highest BCUT2D eigenvalue weighted by Gasteiger charge is 2.17. The Bertz CT molecular complexity index is 2530. The second-order valence-corrected chi connectivity index (χ2v) is 11.6. The first kappa shape index (κ1) is 27.4. The van der Waals surface area contributed by atoms with Crippen molar-refractivity contribution in [3.63, 3.8) is 0 Å². The number of benzene rings is 5. The molecule has 222 valence electrons. The van der Waals surface area contributed by atoms with Crippen molar-refractivity contribution in [2.45, 2.75) is 20.4 Å². The highest BCUT2D eigenvalue weighted by molar-refractivity contribution is 6.04. The van der Waals surface area contributed by atoms with E-state index in [2.05, 4.69) is 53.7 Å². The van der Waals surface area contributed by atoms with Crippen LogP contribution in [0.1, 0.15) is 11.1 Å². The Hall–Kier alpha value is -6.15. The number of aromatic nitrogens is 5. The summed E-state index contributed by atoms with van der Waals surface area (Å²) in [4.78, 5) is 31.6. The average Bonchev–Trinajstić information content (AvgIpc) is 3.44. The van der Waals surface area contributed by atoms with Gasteiger partial charge < -0.3 is 5.32 Å². The first-order valence-electron chi connectivity index (χ1n) is 15.1. The van der Waals surface area contributed by atoms with E-state index >= 15 is 0 Å². The summed E-state index contributed by atoms with van der Waals surface area (Å²) in [5, 5.41) is 15.9. The smallest absolute Gasteiger partial charge is 0.275 e. The molecule has 0 aliphatic heterocycles. The predicted molar refractivity (Wildman–Crippen MR) is 183 cm³/mol. The lowest BCUT2D eigenvalue weighted by molar-refractivity contribution is -0.117. The molecule has 8 aromatic rings. The van der Waals surface area contributed by atoms with Crippen LogP contribution in [0.3, 0.4) is 0 Å². The Morgan fingerprint density at radius 1 is 0.674 bits per heavy atom. The van der Waals surface area contributed by atoms with Gasteiger partial charge >= 0.3 is 0 Å². The lowest BCUT2D eigenvalue weighted by atomic mass is 10.0. The molecule has 0 unspecified atom stereocenters. The van der Waals surface area contributed by atoms with Crippen molar-refractivity contribution in [3.05, 3.63) is 137 Å². The topological polar surface area (TPSA) is 94.2 Å². The molecular weight excluding hydrogens is 572 g/mol. The zero-order valence-electron chi connectivity index (χ0n) is 25.2. The van der Waals surface area contributed by atoms with Gasteiger partial charge in [0.15, 0.2) is 5.65 Å². The van der Waals surface area contributed by atoms with Gasteiger partial charge in [-0.05, 0) is 38.1 Å². The minimum Gasteiger partial charge on any atom is -0.324 e. The van der Waals surface area contributed by atoms with Crippen molar-refractivity contribution < 1.29 is 4.79 Å². The maximum atomic E-state index is 13.4. The van der Waals surface area contributed by atoms with Gasteiger partial charge in [-0.25, -0.2) is 14.2 Å². The Balaban J connectivity index is 1.15. The van der Waals surface area contributed by atoms with Crippen LogP contribution in [-0.2, 0) is 11.3 Å². The van der Waals surface area contributed by atoms with Crippen LogP contribution in [0.2, 0.25) is 0 Å². The van der Waals surface area contributed by atoms with Crippen molar-refractivity contribution in [2.24, 2.45) is 0 Å². The first-order chi connectivity index (χ1) is 22.4. The van der Waals surface area contributed by atoms with Crippen LogP contribution >= 0.6 is 0 Å².